The number of aliphatic carboxylic acids is 1. The fourth-order valence-corrected chi connectivity index (χ4v) is 2.87. The molecule has 8 heteroatoms. The zero-order valence-electron chi connectivity index (χ0n) is 10.6. The summed E-state index contributed by atoms with van der Waals surface area (Å²) in [5.41, 5.74) is 0.597. The van der Waals surface area contributed by atoms with Crippen LogP contribution in [0.25, 0.3) is 10.9 Å². The van der Waals surface area contributed by atoms with Gasteiger partial charge in [-0.15, -0.1) is 0 Å². The monoisotopic (exact) mass is 369 g/mol. The van der Waals surface area contributed by atoms with Crippen molar-refractivity contribution in [3.8, 4) is 0 Å². The number of carboxylic acids is 1. The minimum Gasteiger partial charge on any atom is -0.481 e. The first-order valence-corrected chi connectivity index (χ1v) is 7.29. The van der Waals surface area contributed by atoms with Crippen molar-refractivity contribution < 1.29 is 14.7 Å². The largest absolute Gasteiger partial charge is 0.481 e. The van der Waals surface area contributed by atoms with E-state index in [-0.39, 0.29) is 24.2 Å². The summed E-state index contributed by atoms with van der Waals surface area (Å²) >= 11 is 9.26. The summed E-state index contributed by atoms with van der Waals surface area (Å²) in [6, 6.07) is 5.34. The van der Waals surface area contributed by atoms with Crippen LogP contribution in [-0.2, 0) is 9.59 Å². The molecule has 2 aromatic rings. The van der Waals surface area contributed by atoms with Crippen molar-refractivity contribution >= 4 is 56.1 Å². The smallest absolute Gasteiger partial charge is 0.308 e. The molecule has 0 aliphatic carbocycles. The van der Waals surface area contributed by atoms with Gasteiger partial charge in [-0.2, -0.15) is 4.98 Å². The molecule has 1 aromatic carbocycles. The fraction of sp³-hybridized carbons (Fsp3) is 0.231. The molecule has 1 aliphatic rings. The maximum absolute atomic E-state index is 12.1. The predicted molar refractivity (Wildman–Crippen MR) is 80.3 cm³/mol. The molecule has 2 heterocycles. The second-order valence-corrected chi connectivity index (χ2v) is 5.98. The molecule has 6 nitrogen and oxygen atoms in total. The van der Waals surface area contributed by atoms with Gasteiger partial charge in [-0.1, -0.05) is 15.9 Å². The number of carboxylic acid groups (broad SMARTS) is 1. The summed E-state index contributed by atoms with van der Waals surface area (Å²) in [6.07, 6.45) is -0.0353. The van der Waals surface area contributed by atoms with Crippen LogP contribution in [0.1, 0.15) is 6.42 Å². The van der Waals surface area contributed by atoms with Gasteiger partial charge < -0.3 is 5.11 Å². The standard InChI is InChI=1S/C13H9BrClN3O3/c14-7-1-2-9-8(4-7)11(17-13(15)16-9)18-5-6(12(20)21)3-10(18)19/h1-2,4,6H,3,5H2,(H,20,21). The third-order valence-electron chi connectivity index (χ3n) is 3.34. The van der Waals surface area contributed by atoms with Gasteiger partial charge in [0.2, 0.25) is 11.2 Å². The van der Waals surface area contributed by atoms with Gasteiger partial charge in [0.05, 0.1) is 11.4 Å². The van der Waals surface area contributed by atoms with E-state index in [9.17, 15) is 9.59 Å². The van der Waals surface area contributed by atoms with Crippen LogP contribution in [0.3, 0.4) is 0 Å². The maximum Gasteiger partial charge on any atom is 0.308 e. The van der Waals surface area contributed by atoms with E-state index in [1.54, 1.807) is 18.2 Å². The Hall–Kier alpha value is -1.73. The summed E-state index contributed by atoms with van der Waals surface area (Å²) in [7, 11) is 0. The molecular formula is C13H9BrClN3O3. The first kappa shape index (κ1) is 14.2. The molecule has 21 heavy (non-hydrogen) atoms. The summed E-state index contributed by atoms with van der Waals surface area (Å²) in [5, 5.41) is 9.73. The lowest BCUT2D eigenvalue weighted by Gasteiger charge is -2.17. The van der Waals surface area contributed by atoms with E-state index in [2.05, 4.69) is 25.9 Å². The number of nitrogens with zero attached hydrogens (tertiary/aromatic N) is 3. The van der Waals surface area contributed by atoms with Crippen LogP contribution in [0.2, 0.25) is 5.28 Å². The first-order chi connectivity index (χ1) is 9.95. The number of aromatic nitrogens is 2. The highest BCUT2D eigenvalue weighted by atomic mass is 79.9. The van der Waals surface area contributed by atoms with Crippen molar-refractivity contribution in [3.63, 3.8) is 0 Å². The minimum absolute atomic E-state index is 0.0198. The number of carbonyl (C=O) groups is 2. The van der Waals surface area contributed by atoms with E-state index in [0.717, 1.165) is 4.47 Å². The number of hydrogen-bond donors (Lipinski definition) is 1. The number of halogens is 2. The van der Waals surface area contributed by atoms with Crippen LogP contribution in [0.15, 0.2) is 22.7 Å². The van der Waals surface area contributed by atoms with Crippen LogP contribution in [0.4, 0.5) is 5.82 Å². The quantitative estimate of drug-likeness (QED) is 0.821. The SMILES string of the molecule is O=C(O)C1CC(=O)N(c2nc(Cl)nc3ccc(Br)cc23)C1. The van der Waals surface area contributed by atoms with Crippen molar-refractivity contribution in [1.82, 2.24) is 9.97 Å². The van der Waals surface area contributed by atoms with Crippen molar-refractivity contribution in [2.24, 2.45) is 5.92 Å². The Morgan fingerprint density at radius 2 is 2.19 bits per heavy atom. The van der Waals surface area contributed by atoms with Crippen molar-refractivity contribution in [2.45, 2.75) is 6.42 Å². The molecule has 1 N–H and O–H groups in total. The third kappa shape index (κ3) is 2.58. The second kappa shape index (κ2) is 5.23. The van der Waals surface area contributed by atoms with Gasteiger partial charge in [-0.3, -0.25) is 14.5 Å². The van der Waals surface area contributed by atoms with Crippen LogP contribution in [0.5, 0.6) is 0 Å². The molecule has 1 fully saturated rings. The van der Waals surface area contributed by atoms with Crippen LogP contribution in [0, 0.1) is 5.92 Å². The Kier molecular flexibility index (Phi) is 3.54. The second-order valence-electron chi connectivity index (χ2n) is 4.72. The van der Waals surface area contributed by atoms with Gasteiger partial charge in [-0.25, -0.2) is 4.98 Å². The fourth-order valence-electron chi connectivity index (χ4n) is 2.34. The van der Waals surface area contributed by atoms with Crippen LogP contribution < -0.4 is 4.90 Å². The zero-order valence-corrected chi connectivity index (χ0v) is 12.9. The molecule has 0 spiro atoms. The number of hydrogen-bond acceptors (Lipinski definition) is 4. The molecule has 1 aromatic heterocycles. The summed E-state index contributed by atoms with van der Waals surface area (Å²) < 4.78 is 0.809. The highest BCUT2D eigenvalue weighted by molar-refractivity contribution is 9.10. The number of amides is 1. The van der Waals surface area contributed by atoms with Crippen LogP contribution in [-0.4, -0.2) is 33.5 Å². The molecule has 1 unspecified atom stereocenters. The van der Waals surface area contributed by atoms with Gasteiger partial charge >= 0.3 is 5.97 Å². The van der Waals surface area contributed by atoms with E-state index in [4.69, 9.17) is 16.7 Å². The lowest BCUT2D eigenvalue weighted by atomic mass is 10.1. The number of carbonyl (C=O) groups excluding carboxylic acids is 1. The summed E-state index contributed by atoms with van der Waals surface area (Å²) in [6.45, 7) is 0.0864. The van der Waals surface area contributed by atoms with Crippen molar-refractivity contribution in [2.75, 3.05) is 11.4 Å². The molecule has 0 radical (unpaired) electrons. The lowest BCUT2D eigenvalue weighted by molar-refractivity contribution is -0.141. The Labute approximate surface area is 132 Å². The molecular weight excluding hydrogens is 362 g/mol. The van der Waals surface area contributed by atoms with Gasteiger partial charge in [0.15, 0.2) is 0 Å². The Morgan fingerprint density at radius 3 is 2.86 bits per heavy atom. The van der Waals surface area contributed by atoms with E-state index in [1.807, 2.05) is 0 Å². The Morgan fingerprint density at radius 1 is 1.43 bits per heavy atom. The molecule has 3 rings (SSSR count). The molecule has 1 saturated heterocycles. The number of rotatable bonds is 2. The normalized spacial score (nSPS) is 18.5. The highest BCUT2D eigenvalue weighted by Gasteiger charge is 2.36. The molecule has 0 bridgehead atoms. The van der Waals surface area contributed by atoms with E-state index < -0.39 is 11.9 Å². The Bertz CT molecular complexity index is 768. The number of anilines is 1. The third-order valence-corrected chi connectivity index (χ3v) is 4.00. The van der Waals surface area contributed by atoms with Crippen molar-refractivity contribution in [3.05, 3.63) is 28.0 Å². The number of fused-ring (bicyclic) bond motifs is 1. The topological polar surface area (TPSA) is 83.4 Å². The van der Waals surface area contributed by atoms with Gasteiger partial charge in [-0.05, 0) is 29.8 Å². The molecule has 108 valence electrons. The maximum atomic E-state index is 12.1. The molecule has 1 aliphatic heterocycles. The van der Waals surface area contributed by atoms with E-state index >= 15 is 0 Å². The average Bonchev–Trinajstić information content (AvgIpc) is 2.80. The van der Waals surface area contributed by atoms with E-state index in [1.165, 1.54) is 4.90 Å². The minimum atomic E-state index is -0.989. The van der Waals surface area contributed by atoms with Crippen molar-refractivity contribution in [1.29, 1.82) is 0 Å². The molecule has 0 saturated carbocycles. The highest BCUT2D eigenvalue weighted by Crippen LogP contribution is 2.32. The zero-order chi connectivity index (χ0) is 15.1. The van der Waals surface area contributed by atoms with Gasteiger partial charge in [0.25, 0.3) is 0 Å². The summed E-state index contributed by atoms with van der Waals surface area (Å²) in [5.74, 6) is -1.65. The average molecular weight is 371 g/mol. The van der Waals surface area contributed by atoms with Gasteiger partial charge in [0.1, 0.15) is 5.82 Å². The lowest BCUT2D eigenvalue weighted by Crippen LogP contribution is -2.27. The van der Waals surface area contributed by atoms with Gasteiger partial charge in [0, 0.05) is 22.8 Å². The molecule has 1 amide bonds. The van der Waals surface area contributed by atoms with Crippen LogP contribution >= 0.6 is 27.5 Å². The summed E-state index contributed by atoms with van der Waals surface area (Å²) in [4.78, 5) is 32.7. The Balaban J connectivity index is 2.14. The molecule has 1 atom stereocenters. The number of benzene rings is 1. The first-order valence-electron chi connectivity index (χ1n) is 6.11. The van der Waals surface area contributed by atoms with E-state index in [0.29, 0.717) is 16.7 Å². The predicted octanol–water partition coefficient (Wildman–Crippen LogP) is 2.48.